The van der Waals surface area contributed by atoms with Crippen molar-refractivity contribution in [2.45, 2.75) is 17.4 Å². The van der Waals surface area contributed by atoms with Crippen molar-refractivity contribution in [1.29, 1.82) is 0 Å². The fourth-order valence-electron chi connectivity index (χ4n) is 2.15. The number of alkyl halides is 2. The molecule has 0 fully saturated rings. The monoisotopic (exact) mass is 335 g/mol. The zero-order valence-corrected chi connectivity index (χ0v) is 12.6. The Bertz CT molecular complexity index is 638. The second-order valence-electron chi connectivity index (χ2n) is 4.47. The van der Waals surface area contributed by atoms with E-state index in [9.17, 15) is 17.6 Å². The molecule has 1 atom stereocenters. The highest BCUT2D eigenvalue weighted by Crippen LogP contribution is 2.48. The highest BCUT2D eigenvalue weighted by Gasteiger charge is 2.57. The standard InChI is InChI=1S/C13H13F4N3OS/c1-21-12(13(16,17)22-2,6-20-8-18-7-19-20)10-4-3-9(14)5-11(10)15/h3-5,7-8H,6H2,1-2H3. The predicted octanol–water partition coefficient (Wildman–Crippen LogP) is 3.05. The Hall–Kier alpha value is -1.61. The van der Waals surface area contributed by atoms with Gasteiger partial charge < -0.3 is 4.74 Å². The van der Waals surface area contributed by atoms with Crippen LogP contribution >= 0.6 is 11.8 Å². The summed E-state index contributed by atoms with van der Waals surface area (Å²) in [5.41, 5.74) is -2.82. The van der Waals surface area contributed by atoms with Crippen LogP contribution in [-0.4, -0.2) is 33.4 Å². The van der Waals surface area contributed by atoms with Crippen molar-refractivity contribution in [3.05, 3.63) is 48.1 Å². The van der Waals surface area contributed by atoms with E-state index in [-0.39, 0.29) is 11.8 Å². The zero-order valence-electron chi connectivity index (χ0n) is 11.8. The minimum Gasteiger partial charge on any atom is -0.364 e. The summed E-state index contributed by atoms with van der Waals surface area (Å²) in [5, 5.41) is 0.262. The van der Waals surface area contributed by atoms with E-state index >= 15 is 0 Å². The summed E-state index contributed by atoms with van der Waals surface area (Å²) in [6.45, 7) is -0.486. The number of hydrogen-bond donors (Lipinski definition) is 0. The summed E-state index contributed by atoms with van der Waals surface area (Å²) in [5.74, 6) is -1.98. The quantitative estimate of drug-likeness (QED) is 0.761. The van der Waals surface area contributed by atoms with E-state index in [0.717, 1.165) is 23.9 Å². The Morgan fingerprint density at radius 1 is 1.32 bits per heavy atom. The first kappa shape index (κ1) is 16.8. The molecule has 1 aromatic carbocycles. The van der Waals surface area contributed by atoms with Gasteiger partial charge in [-0.25, -0.2) is 18.4 Å². The van der Waals surface area contributed by atoms with E-state index in [0.29, 0.717) is 6.07 Å². The summed E-state index contributed by atoms with van der Waals surface area (Å²) in [7, 11) is 1.05. The van der Waals surface area contributed by atoms with Crippen LogP contribution in [0.5, 0.6) is 0 Å². The number of hydrogen-bond acceptors (Lipinski definition) is 4. The SMILES string of the molecule is COC(Cn1cncn1)(c1ccc(F)cc1F)C(F)(F)SC. The first-order chi connectivity index (χ1) is 10.4. The van der Waals surface area contributed by atoms with Gasteiger partial charge in [-0.05, 0) is 18.4 Å². The molecule has 0 bridgehead atoms. The van der Waals surface area contributed by atoms with Crippen molar-refractivity contribution >= 4 is 11.8 Å². The molecule has 0 saturated heterocycles. The van der Waals surface area contributed by atoms with Crippen molar-refractivity contribution in [1.82, 2.24) is 14.8 Å². The Morgan fingerprint density at radius 2 is 2.05 bits per heavy atom. The molecule has 0 saturated carbocycles. The maximum absolute atomic E-state index is 14.5. The molecule has 0 aliphatic carbocycles. The summed E-state index contributed by atoms with van der Waals surface area (Å²) < 4.78 is 62.5. The van der Waals surface area contributed by atoms with Crippen LogP contribution in [0.3, 0.4) is 0 Å². The highest BCUT2D eigenvalue weighted by molar-refractivity contribution is 7.99. The van der Waals surface area contributed by atoms with E-state index in [4.69, 9.17) is 4.74 Å². The lowest BCUT2D eigenvalue weighted by atomic mass is 9.92. The molecule has 0 aliphatic heterocycles. The molecule has 0 spiro atoms. The van der Waals surface area contributed by atoms with Crippen molar-refractivity contribution < 1.29 is 22.3 Å². The number of rotatable bonds is 6. The Morgan fingerprint density at radius 3 is 2.55 bits per heavy atom. The first-order valence-electron chi connectivity index (χ1n) is 6.12. The maximum atomic E-state index is 14.5. The van der Waals surface area contributed by atoms with Crippen molar-refractivity contribution in [2.24, 2.45) is 0 Å². The fourth-order valence-corrected chi connectivity index (χ4v) is 2.74. The molecule has 22 heavy (non-hydrogen) atoms. The third kappa shape index (κ3) is 2.82. The van der Waals surface area contributed by atoms with Gasteiger partial charge in [0.05, 0.1) is 6.54 Å². The second-order valence-corrected chi connectivity index (χ2v) is 5.39. The molecule has 0 N–H and O–H groups in total. The number of halogens is 4. The lowest BCUT2D eigenvalue weighted by Crippen LogP contribution is -2.49. The molecule has 2 aromatic rings. The van der Waals surface area contributed by atoms with Crippen LogP contribution in [0.2, 0.25) is 0 Å². The summed E-state index contributed by atoms with van der Waals surface area (Å²) in [4.78, 5) is 3.67. The zero-order chi connectivity index (χ0) is 16.4. The minimum atomic E-state index is -3.49. The summed E-state index contributed by atoms with van der Waals surface area (Å²) >= 11 is 0.208. The summed E-state index contributed by atoms with van der Waals surface area (Å²) in [6, 6.07) is 2.40. The van der Waals surface area contributed by atoms with Gasteiger partial charge in [-0.2, -0.15) is 13.9 Å². The van der Waals surface area contributed by atoms with Gasteiger partial charge in [0.25, 0.3) is 0 Å². The molecule has 1 unspecified atom stereocenters. The maximum Gasteiger partial charge on any atom is 0.328 e. The molecule has 9 heteroatoms. The van der Waals surface area contributed by atoms with Gasteiger partial charge >= 0.3 is 5.25 Å². The van der Waals surface area contributed by atoms with E-state index in [1.165, 1.54) is 18.9 Å². The molecular weight excluding hydrogens is 322 g/mol. The van der Waals surface area contributed by atoms with Crippen LogP contribution in [-0.2, 0) is 16.9 Å². The molecule has 4 nitrogen and oxygen atoms in total. The van der Waals surface area contributed by atoms with E-state index in [1.807, 2.05) is 0 Å². The van der Waals surface area contributed by atoms with Crippen molar-refractivity contribution in [2.75, 3.05) is 13.4 Å². The Balaban J connectivity index is 2.62. The molecule has 0 aliphatic rings. The fraction of sp³-hybridized carbons (Fsp3) is 0.385. The molecule has 120 valence electrons. The van der Waals surface area contributed by atoms with E-state index in [2.05, 4.69) is 10.1 Å². The number of thioether (sulfide) groups is 1. The van der Waals surface area contributed by atoms with Gasteiger partial charge in [0.15, 0.2) is 5.60 Å². The lowest BCUT2D eigenvalue weighted by molar-refractivity contribution is -0.161. The lowest BCUT2D eigenvalue weighted by Gasteiger charge is -2.38. The van der Waals surface area contributed by atoms with Gasteiger partial charge in [-0.15, -0.1) is 0 Å². The molecule has 1 aromatic heterocycles. The van der Waals surface area contributed by atoms with Gasteiger partial charge in [-0.3, -0.25) is 0 Å². The molecule has 0 amide bonds. The van der Waals surface area contributed by atoms with Gasteiger partial charge in [-0.1, -0.05) is 11.8 Å². The third-order valence-electron chi connectivity index (χ3n) is 3.29. The number of nitrogens with zero attached hydrogens (tertiary/aromatic N) is 3. The van der Waals surface area contributed by atoms with Crippen molar-refractivity contribution in [3.8, 4) is 0 Å². The topological polar surface area (TPSA) is 39.9 Å². The van der Waals surface area contributed by atoms with Crippen molar-refractivity contribution in [3.63, 3.8) is 0 Å². The molecular formula is C13H13F4N3OS. The van der Waals surface area contributed by atoms with Crippen LogP contribution < -0.4 is 0 Å². The van der Waals surface area contributed by atoms with Crippen LogP contribution in [0.4, 0.5) is 17.6 Å². The number of aromatic nitrogens is 3. The third-order valence-corrected chi connectivity index (χ3v) is 4.13. The average molecular weight is 335 g/mol. The number of methoxy groups -OCH3 is 1. The molecule has 1 heterocycles. The first-order valence-corrected chi connectivity index (χ1v) is 7.35. The van der Waals surface area contributed by atoms with Gasteiger partial charge in [0, 0.05) is 18.7 Å². The smallest absolute Gasteiger partial charge is 0.328 e. The normalized spacial score (nSPS) is 14.8. The van der Waals surface area contributed by atoms with Crippen LogP contribution in [0.1, 0.15) is 5.56 Å². The van der Waals surface area contributed by atoms with Gasteiger partial charge in [0.1, 0.15) is 24.3 Å². The minimum absolute atomic E-state index is 0.208. The predicted molar refractivity (Wildman–Crippen MR) is 73.5 cm³/mol. The number of ether oxygens (including phenoxy) is 1. The largest absolute Gasteiger partial charge is 0.364 e. The van der Waals surface area contributed by atoms with E-state index in [1.54, 1.807) is 0 Å². The molecule has 2 rings (SSSR count). The van der Waals surface area contributed by atoms with Gasteiger partial charge in [0.2, 0.25) is 0 Å². The second kappa shape index (κ2) is 6.25. The van der Waals surface area contributed by atoms with Crippen LogP contribution in [0, 0.1) is 11.6 Å². The Labute approximate surface area is 128 Å². The Kier molecular flexibility index (Phi) is 4.76. The summed E-state index contributed by atoms with van der Waals surface area (Å²) in [6.07, 6.45) is 3.56. The number of benzene rings is 1. The van der Waals surface area contributed by atoms with Crippen LogP contribution in [0.15, 0.2) is 30.9 Å². The van der Waals surface area contributed by atoms with E-state index < -0.39 is 34.6 Å². The van der Waals surface area contributed by atoms with Crippen LogP contribution in [0.25, 0.3) is 0 Å². The highest BCUT2D eigenvalue weighted by atomic mass is 32.2. The average Bonchev–Trinajstić information content (AvgIpc) is 2.98. The molecule has 0 radical (unpaired) electrons.